The Morgan fingerprint density at radius 3 is 2.48 bits per heavy atom. The Hall–Kier alpha value is -3.09. The molecule has 0 spiro atoms. The second-order valence-corrected chi connectivity index (χ2v) is 7.83. The summed E-state index contributed by atoms with van der Waals surface area (Å²) >= 11 is 0. The summed E-state index contributed by atoms with van der Waals surface area (Å²) in [5.41, 5.74) is 1.36. The predicted octanol–water partition coefficient (Wildman–Crippen LogP) is 3.53. The second-order valence-electron chi connectivity index (χ2n) is 7.83. The summed E-state index contributed by atoms with van der Waals surface area (Å²) in [6.07, 6.45) is 0.908. The van der Waals surface area contributed by atoms with Gasteiger partial charge in [-0.1, -0.05) is 36.4 Å². The molecule has 1 heterocycles. The Morgan fingerprint density at radius 1 is 1.10 bits per heavy atom. The Kier molecular flexibility index (Phi) is 8.00. The summed E-state index contributed by atoms with van der Waals surface area (Å²) in [5.74, 6) is -0.384. The number of carboxylic acid groups (broad SMARTS) is 1. The van der Waals surface area contributed by atoms with Crippen LogP contribution >= 0.6 is 0 Å². The van der Waals surface area contributed by atoms with Gasteiger partial charge in [-0.2, -0.15) is 0 Å². The van der Waals surface area contributed by atoms with Crippen LogP contribution in [0.4, 0.5) is 4.79 Å². The molecule has 0 radical (unpaired) electrons. The maximum Gasteiger partial charge on any atom is 0.315 e. The number of carbonyl (C=O) groups is 2. The van der Waals surface area contributed by atoms with Crippen molar-refractivity contribution in [3.05, 3.63) is 59.8 Å². The second kappa shape index (κ2) is 10.5. The highest BCUT2D eigenvalue weighted by atomic mass is 16.5. The molecule has 1 aromatic carbocycles. The molecule has 0 bridgehead atoms. The molecule has 2 aromatic rings. The molecule has 7 nitrogen and oxygen atoms in total. The molecule has 156 valence electrons. The fourth-order valence-corrected chi connectivity index (χ4v) is 2.76. The van der Waals surface area contributed by atoms with Crippen LogP contribution in [0.3, 0.4) is 0 Å². The van der Waals surface area contributed by atoms with Crippen molar-refractivity contribution >= 4 is 12.0 Å². The first-order chi connectivity index (χ1) is 13.7. The molecule has 29 heavy (non-hydrogen) atoms. The van der Waals surface area contributed by atoms with Crippen LogP contribution in [0.1, 0.15) is 44.9 Å². The maximum atomic E-state index is 12.3. The van der Waals surface area contributed by atoms with Gasteiger partial charge in [-0.05, 0) is 45.2 Å². The van der Waals surface area contributed by atoms with Crippen LogP contribution in [0, 0.1) is 0 Å². The molecule has 0 fully saturated rings. The average Bonchev–Trinajstić information content (AvgIpc) is 2.64. The molecule has 0 aliphatic rings. The van der Waals surface area contributed by atoms with Crippen molar-refractivity contribution in [3.8, 4) is 5.88 Å². The fraction of sp³-hybridized carbons (Fsp3) is 0.409. The Balaban J connectivity index is 1.91. The standard InChI is InChI=1S/C22H29N3O4/c1-22(2,3)29-19-11-7-10-18(24-19)15-23-21(28)25-17(12-13-20(26)27)14-16-8-5-4-6-9-16/h4-11,17H,12-15H2,1-3H3,(H,26,27)(H2,23,25,28). The molecule has 7 heteroatoms. The number of hydrogen-bond donors (Lipinski definition) is 3. The van der Waals surface area contributed by atoms with Gasteiger partial charge < -0.3 is 20.5 Å². The lowest BCUT2D eigenvalue weighted by Gasteiger charge is -2.21. The highest BCUT2D eigenvalue weighted by Crippen LogP contribution is 2.15. The molecule has 0 aliphatic carbocycles. The number of carbonyl (C=O) groups excluding carboxylic acids is 1. The number of carboxylic acids is 1. The lowest BCUT2D eigenvalue weighted by atomic mass is 10.0. The molecule has 1 atom stereocenters. The largest absolute Gasteiger partial charge is 0.481 e. The number of amides is 2. The van der Waals surface area contributed by atoms with Gasteiger partial charge in [-0.15, -0.1) is 0 Å². The van der Waals surface area contributed by atoms with E-state index in [4.69, 9.17) is 9.84 Å². The monoisotopic (exact) mass is 399 g/mol. The zero-order valence-electron chi connectivity index (χ0n) is 17.1. The summed E-state index contributed by atoms with van der Waals surface area (Å²) in [7, 11) is 0. The molecule has 0 saturated heterocycles. The van der Waals surface area contributed by atoms with Crippen molar-refractivity contribution in [3.63, 3.8) is 0 Å². The highest BCUT2D eigenvalue weighted by Gasteiger charge is 2.16. The van der Waals surface area contributed by atoms with Crippen LogP contribution in [-0.4, -0.2) is 33.7 Å². The Labute approximate surface area is 171 Å². The Morgan fingerprint density at radius 2 is 1.83 bits per heavy atom. The van der Waals surface area contributed by atoms with E-state index in [9.17, 15) is 9.59 Å². The maximum absolute atomic E-state index is 12.3. The lowest BCUT2D eigenvalue weighted by molar-refractivity contribution is -0.137. The van der Waals surface area contributed by atoms with Crippen LogP contribution in [0.5, 0.6) is 5.88 Å². The first-order valence-electron chi connectivity index (χ1n) is 9.66. The van der Waals surface area contributed by atoms with E-state index in [1.807, 2.05) is 63.2 Å². The number of aliphatic carboxylic acids is 1. The summed E-state index contributed by atoms with van der Waals surface area (Å²) in [4.78, 5) is 27.7. The third kappa shape index (κ3) is 9.10. The molecule has 3 N–H and O–H groups in total. The number of nitrogens with zero attached hydrogens (tertiary/aromatic N) is 1. The topological polar surface area (TPSA) is 101 Å². The third-order valence-corrected chi connectivity index (χ3v) is 3.99. The van der Waals surface area contributed by atoms with Gasteiger partial charge in [0.15, 0.2) is 0 Å². The van der Waals surface area contributed by atoms with Crippen molar-refractivity contribution in [1.29, 1.82) is 0 Å². The first-order valence-corrected chi connectivity index (χ1v) is 9.66. The minimum atomic E-state index is -0.884. The van der Waals surface area contributed by atoms with Gasteiger partial charge in [0.2, 0.25) is 5.88 Å². The normalized spacial score (nSPS) is 12.1. The van der Waals surface area contributed by atoms with Gasteiger partial charge in [0, 0.05) is 18.5 Å². The number of hydrogen-bond acceptors (Lipinski definition) is 4. The smallest absolute Gasteiger partial charge is 0.315 e. The van der Waals surface area contributed by atoms with E-state index in [1.165, 1.54) is 0 Å². The minimum absolute atomic E-state index is 0.00841. The molecule has 0 aliphatic heterocycles. The predicted molar refractivity (Wildman–Crippen MR) is 111 cm³/mol. The molecule has 1 unspecified atom stereocenters. The molecule has 0 saturated carbocycles. The number of aromatic nitrogens is 1. The zero-order valence-corrected chi connectivity index (χ0v) is 17.1. The summed E-state index contributed by atoms with van der Waals surface area (Å²) in [6.45, 7) is 6.06. The van der Waals surface area contributed by atoms with E-state index in [-0.39, 0.29) is 30.6 Å². The SMILES string of the molecule is CC(C)(C)Oc1cccc(CNC(=O)NC(CCC(=O)O)Cc2ccccc2)n1. The lowest BCUT2D eigenvalue weighted by Crippen LogP contribution is -2.43. The van der Waals surface area contributed by atoms with Crippen LogP contribution in [0.15, 0.2) is 48.5 Å². The minimum Gasteiger partial charge on any atom is -0.481 e. The van der Waals surface area contributed by atoms with Gasteiger partial charge in [0.25, 0.3) is 0 Å². The molecule has 2 rings (SSSR count). The van der Waals surface area contributed by atoms with Crippen LogP contribution in [0.2, 0.25) is 0 Å². The van der Waals surface area contributed by atoms with E-state index in [2.05, 4.69) is 15.6 Å². The van der Waals surface area contributed by atoms with Gasteiger partial charge in [-0.25, -0.2) is 9.78 Å². The van der Waals surface area contributed by atoms with Gasteiger partial charge in [0.1, 0.15) is 5.60 Å². The quantitative estimate of drug-likeness (QED) is 0.599. The zero-order chi connectivity index (χ0) is 21.3. The van der Waals surface area contributed by atoms with E-state index >= 15 is 0 Å². The van der Waals surface area contributed by atoms with Crippen molar-refractivity contribution < 1.29 is 19.4 Å². The van der Waals surface area contributed by atoms with Gasteiger partial charge >= 0.3 is 12.0 Å². The van der Waals surface area contributed by atoms with Crippen molar-refractivity contribution in [2.75, 3.05) is 0 Å². The van der Waals surface area contributed by atoms with Crippen molar-refractivity contribution in [2.45, 2.75) is 58.2 Å². The number of rotatable bonds is 9. The van der Waals surface area contributed by atoms with Crippen LogP contribution in [0.25, 0.3) is 0 Å². The number of urea groups is 1. The van der Waals surface area contributed by atoms with Gasteiger partial charge in [-0.3, -0.25) is 4.79 Å². The van der Waals surface area contributed by atoms with E-state index in [0.717, 1.165) is 5.56 Å². The van der Waals surface area contributed by atoms with E-state index in [1.54, 1.807) is 6.07 Å². The fourth-order valence-electron chi connectivity index (χ4n) is 2.76. The molecular weight excluding hydrogens is 370 g/mol. The number of nitrogens with one attached hydrogen (secondary N) is 2. The summed E-state index contributed by atoms with van der Waals surface area (Å²) in [5, 5.41) is 14.6. The first kappa shape index (κ1) is 22.2. The number of pyridine rings is 1. The molecule has 1 aromatic heterocycles. The van der Waals surface area contributed by atoms with Crippen molar-refractivity contribution in [1.82, 2.24) is 15.6 Å². The highest BCUT2D eigenvalue weighted by molar-refractivity contribution is 5.74. The average molecular weight is 399 g/mol. The summed E-state index contributed by atoms with van der Waals surface area (Å²) in [6, 6.07) is 14.4. The third-order valence-electron chi connectivity index (χ3n) is 3.99. The van der Waals surface area contributed by atoms with E-state index in [0.29, 0.717) is 24.4 Å². The Bertz CT molecular complexity index is 803. The van der Waals surface area contributed by atoms with E-state index < -0.39 is 5.97 Å². The molecular formula is C22H29N3O4. The van der Waals surface area contributed by atoms with Gasteiger partial charge in [0.05, 0.1) is 12.2 Å². The summed E-state index contributed by atoms with van der Waals surface area (Å²) < 4.78 is 5.74. The molecule has 2 amide bonds. The van der Waals surface area contributed by atoms with Crippen LogP contribution < -0.4 is 15.4 Å². The van der Waals surface area contributed by atoms with Crippen molar-refractivity contribution in [2.24, 2.45) is 0 Å². The van der Waals surface area contributed by atoms with Crippen LogP contribution in [-0.2, 0) is 17.8 Å². The number of benzene rings is 1. The number of ether oxygens (including phenoxy) is 1.